The van der Waals surface area contributed by atoms with Crippen LogP contribution in [-0.2, 0) is 6.54 Å². The third-order valence-corrected chi connectivity index (χ3v) is 4.05. The van der Waals surface area contributed by atoms with Crippen molar-refractivity contribution >= 4 is 27.3 Å². The number of aliphatic hydroxyl groups excluding tert-OH is 2. The van der Waals surface area contributed by atoms with Crippen molar-refractivity contribution < 1.29 is 10.2 Å². The Hall–Kier alpha value is 0.0600. The lowest BCUT2D eigenvalue weighted by molar-refractivity contribution is 0.170. The van der Waals surface area contributed by atoms with Gasteiger partial charge in [0.05, 0.1) is 19.3 Å². The van der Waals surface area contributed by atoms with E-state index in [1.54, 1.807) is 11.3 Å². The fourth-order valence-electron chi connectivity index (χ4n) is 1.04. The molecular weight excluding hydrogens is 266 g/mol. The molecule has 5 heteroatoms. The first-order valence-corrected chi connectivity index (χ1v) is 5.98. The lowest BCUT2D eigenvalue weighted by Crippen LogP contribution is -2.34. The second-order valence-corrected chi connectivity index (χ2v) is 5.26. The second kappa shape index (κ2) is 5.82. The summed E-state index contributed by atoms with van der Waals surface area (Å²) < 4.78 is 1.11. The first-order valence-electron chi connectivity index (χ1n) is 4.37. The third-order valence-electron chi connectivity index (χ3n) is 1.91. The largest absolute Gasteiger partial charge is 0.395 e. The van der Waals surface area contributed by atoms with Crippen molar-refractivity contribution in [3.8, 4) is 0 Å². The van der Waals surface area contributed by atoms with Crippen LogP contribution in [-0.4, -0.2) is 29.5 Å². The van der Waals surface area contributed by atoms with Gasteiger partial charge >= 0.3 is 0 Å². The number of aryl methyl sites for hydroxylation is 1. The monoisotopic (exact) mass is 279 g/mol. The van der Waals surface area contributed by atoms with Crippen LogP contribution in [0.25, 0.3) is 0 Å². The molecule has 3 nitrogen and oxygen atoms in total. The lowest BCUT2D eigenvalue weighted by Gasteiger charge is -2.11. The van der Waals surface area contributed by atoms with Gasteiger partial charge in [0, 0.05) is 20.8 Å². The van der Waals surface area contributed by atoms with E-state index in [1.165, 1.54) is 9.75 Å². The average Bonchev–Trinajstić information content (AvgIpc) is 2.48. The molecule has 0 atom stereocenters. The number of halogens is 1. The van der Waals surface area contributed by atoms with Gasteiger partial charge in [-0.2, -0.15) is 0 Å². The van der Waals surface area contributed by atoms with Crippen LogP contribution in [0.15, 0.2) is 10.5 Å². The van der Waals surface area contributed by atoms with Crippen LogP contribution in [0.4, 0.5) is 0 Å². The average molecular weight is 280 g/mol. The summed E-state index contributed by atoms with van der Waals surface area (Å²) >= 11 is 5.15. The zero-order chi connectivity index (χ0) is 10.6. The van der Waals surface area contributed by atoms with Gasteiger partial charge in [-0.3, -0.25) is 0 Å². The highest BCUT2D eigenvalue weighted by atomic mass is 79.9. The van der Waals surface area contributed by atoms with Gasteiger partial charge in [-0.15, -0.1) is 11.3 Å². The topological polar surface area (TPSA) is 52.5 Å². The Morgan fingerprint density at radius 3 is 2.57 bits per heavy atom. The molecule has 0 aliphatic rings. The highest BCUT2D eigenvalue weighted by molar-refractivity contribution is 9.10. The molecule has 1 aromatic heterocycles. The summed E-state index contributed by atoms with van der Waals surface area (Å²) in [5.74, 6) is 0. The first-order chi connectivity index (χ1) is 6.67. The zero-order valence-corrected chi connectivity index (χ0v) is 10.4. The van der Waals surface area contributed by atoms with Crippen molar-refractivity contribution in [3.05, 3.63) is 20.3 Å². The summed E-state index contributed by atoms with van der Waals surface area (Å²) in [5.41, 5.74) is 0. The van der Waals surface area contributed by atoms with Crippen molar-refractivity contribution in [1.29, 1.82) is 0 Å². The van der Waals surface area contributed by atoms with E-state index < -0.39 is 0 Å². The molecule has 0 aliphatic carbocycles. The Bertz CT molecular complexity index is 267. The van der Waals surface area contributed by atoms with E-state index in [4.69, 9.17) is 10.2 Å². The second-order valence-electron chi connectivity index (χ2n) is 3.06. The van der Waals surface area contributed by atoms with Crippen molar-refractivity contribution in [2.24, 2.45) is 0 Å². The molecule has 0 spiro atoms. The van der Waals surface area contributed by atoms with Crippen LogP contribution in [0.3, 0.4) is 0 Å². The molecule has 0 bridgehead atoms. The maximum absolute atomic E-state index is 8.84. The van der Waals surface area contributed by atoms with Crippen molar-refractivity contribution in [3.63, 3.8) is 0 Å². The van der Waals surface area contributed by atoms with E-state index in [1.807, 2.05) is 6.92 Å². The fourth-order valence-corrected chi connectivity index (χ4v) is 2.59. The number of thiophene rings is 1. The van der Waals surface area contributed by atoms with Gasteiger partial charge < -0.3 is 15.5 Å². The molecule has 0 saturated carbocycles. The summed E-state index contributed by atoms with van der Waals surface area (Å²) in [6.45, 7) is 2.65. The molecule has 80 valence electrons. The molecule has 0 saturated heterocycles. The van der Waals surface area contributed by atoms with Gasteiger partial charge in [0.15, 0.2) is 0 Å². The highest BCUT2D eigenvalue weighted by Gasteiger charge is 2.07. The molecule has 14 heavy (non-hydrogen) atoms. The summed E-state index contributed by atoms with van der Waals surface area (Å²) in [4.78, 5) is 2.44. The molecule has 0 fully saturated rings. The Kier molecular flexibility index (Phi) is 5.05. The van der Waals surface area contributed by atoms with Crippen LogP contribution >= 0.6 is 27.3 Å². The molecule has 0 unspecified atom stereocenters. The van der Waals surface area contributed by atoms with E-state index in [-0.39, 0.29) is 19.3 Å². The van der Waals surface area contributed by atoms with Gasteiger partial charge in [0.2, 0.25) is 0 Å². The van der Waals surface area contributed by atoms with Crippen molar-refractivity contribution in [2.75, 3.05) is 13.2 Å². The minimum atomic E-state index is -0.226. The van der Waals surface area contributed by atoms with Gasteiger partial charge in [-0.25, -0.2) is 0 Å². The molecule has 0 radical (unpaired) electrons. The van der Waals surface area contributed by atoms with E-state index in [9.17, 15) is 0 Å². The van der Waals surface area contributed by atoms with Gasteiger partial charge in [-0.05, 0) is 28.9 Å². The number of rotatable bonds is 5. The Morgan fingerprint density at radius 1 is 1.50 bits per heavy atom. The van der Waals surface area contributed by atoms with E-state index in [0.29, 0.717) is 6.54 Å². The predicted octanol–water partition coefficient (Wildman–Crippen LogP) is 1.26. The maximum atomic E-state index is 8.84. The van der Waals surface area contributed by atoms with Gasteiger partial charge in [0.1, 0.15) is 0 Å². The normalized spacial score (nSPS) is 11.2. The molecule has 1 aromatic rings. The van der Waals surface area contributed by atoms with Gasteiger partial charge in [-0.1, -0.05) is 0 Å². The summed E-state index contributed by atoms with van der Waals surface area (Å²) in [6.07, 6.45) is 0. The number of hydrogen-bond donors (Lipinski definition) is 3. The Morgan fingerprint density at radius 2 is 2.14 bits per heavy atom. The maximum Gasteiger partial charge on any atom is 0.0607 e. The Labute approximate surface area is 95.9 Å². The highest BCUT2D eigenvalue weighted by Crippen LogP contribution is 2.26. The smallest absolute Gasteiger partial charge is 0.0607 e. The molecule has 1 heterocycles. The molecular formula is C9H14BrNO2S. The number of nitrogens with one attached hydrogen (secondary N) is 1. The lowest BCUT2D eigenvalue weighted by atomic mass is 10.3. The van der Waals surface area contributed by atoms with E-state index >= 15 is 0 Å². The quantitative estimate of drug-likeness (QED) is 0.761. The van der Waals surface area contributed by atoms with Crippen LogP contribution in [0.1, 0.15) is 9.75 Å². The fraction of sp³-hybridized carbons (Fsp3) is 0.556. The van der Waals surface area contributed by atoms with Crippen LogP contribution < -0.4 is 5.32 Å². The summed E-state index contributed by atoms with van der Waals surface area (Å²) in [7, 11) is 0. The Balaban J connectivity index is 2.45. The molecule has 0 aliphatic heterocycles. The van der Waals surface area contributed by atoms with Crippen LogP contribution in [0.2, 0.25) is 0 Å². The van der Waals surface area contributed by atoms with Crippen LogP contribution in [0.5, 0.6) is 0 Å². The molecule has 0 amide bonds. The van der Waals surface area contributed by atoms with E-state index in [2.05, 4.69) is 27.3 Å². The summed E-state index contributed by atoms with van der Waals surface area (Å²) in [5, 5.41) is 20.7. The van der Waals surface area contributed by atoms with Gasteiger partial charge in [0.25, 0.3) is 0 Å². The van der Waals surface area contributed by atoms with Crippen molar-refractivity contribution in [2.45, 2.75) is 19.5 Å². The van der Waals surface area contributed by atoms with Crippen LogP contribution in [0, 0.1) is 6.92 Å². The SMILES string of the molecule is Cc1sc(CNC(CO)CO)cc1Br. The zero-order valence-electron chi connectivity index (χ0n) is 7.96. The third kappa shape index (κ3) is 3.33. The molecule has 0 aromatic carbocycles. The van der Waals surface area contributed by atoms with E-state index in [0.717, 1.165) is 4.47 Å². The molecule has 1 rings (SSSR count). The predicted molar refractivity (Wildman–Crippen MR) is 61.6 cm³/mol. The number of hydrogen-bond acceptors (Lipinski definition) is 4. The standard InChI is InChI=1S/C9H14BrNO2S/c1-6-9(10)2-8(14-6)3-11-7(4-12)5-13/h2,7,11-13H,3-5H2,1H3. The minimum Gasteiger partial charge on any atom is -0.395 e. The first kappa shape index (κ1) is 12.1. The van der Waals surface area contributed by atoms with Crippen molar-refractivity contribution in [1.82, 2.24) is 5.32 Å². The minimum absolute atomic E-state index is 0.0397. The summed E-state index contributed by atoms with van der Waals surface area (Å²) in [6, 6.07) is 1.83. The molecule has 3 N–H and O–H groups in total. The number of aliphatic hydroxyl groups is 2.